The number of amides is 1. The van der Waals surface area contributed by atoms with E-state index in [1.807, 2.05) is 23.5 Å². The second kappa shape index (κ2) is 10.6. The lowest BCUT2D eigenvalue weighted by Gasteiger charge is -2.54. The monoisotopic (exact) mass is 515 g/mol. The number of nitrogens with one attached hydrogen (secondary N) is 2. The van der Waals surface area contributed by atoms with Crippen molar-refractivity contribution in [1.29, 1.82) is 0 Å². The van der Waals surface area contributed by atoms with Crippen molar-refractivity contribution < 1.29 is 4.79 Å². The number of carbonyl (C=O) groups is 1. The van der Waals surface area contributed by atoms with Crippen LogP contribution in [-0.2, 0) is 26.2 Å². The molecule has 2 fully saturated rings. The molecule has 2 N–H and O–H groups in total. The molecule has 0 unspecified atom stereocenters. The Morgan fingerprint density at radius 3 is 2.16 bits per heavy atom. The maximum absolute atomic E-state index is 13.4. The van der Waals surface area contributed by atoms with Crippen LogP contribution in [0, 0.1) is 5.41 Å². The molecule has 37 heavy (non-hydrogen) atoms. The van der Waals surface area contributed by atoms with Gasteiger partial charge in [0.15, 0.2) is 0 Å². The van der Waals surface area contributed by atoms with Gasteiger partial charge in [0, 0.05) is 61.4 Å². The quantitative estimate of drug-likeness (QED) is 0.350. The SMILES string of the molecule is O=C(c1ccc(CN2CCC3(CC2)CN(Cc2cccs2)C3)cc1)N(Cc1ncc[nH]1)Cc1ncc[nH]1. The first-order valence-electron chi connectivity index (χ1n) is 13.0. The fourth-order valence-corrected chi connectivity index (χ4v) is 6.41. The summed E-state index contributed by atoms with van der Waals surface area (Å²) in [4.78, 5) is 36.5. The summed E-state index contributed by atoms with van der Waals surface area (Å²) in [7, 11) is 0. The predicted octanol–water partition coefficient (Wildman–Crippen LogP) is 4.13. The van der Waals surface area contributed by atoms with Gasteiger partial charge in [-0.05, 0) is 60.5 Å². The minimum Gasteiger partial charge on any atom is -0.347 e. The number of carbonyl (C=O) groups excluding carboxylic acids is 1. The van der Waals surface area contributed by atoms with Gasteiger partial charge in [-0.25, -0.2) is 9.97 Å². The number of thiophene rings is 1. The number of aromatic amines is 2. The molecule has 3 aromatic heterocycles. The highest BCUT2D eigenvalue weighted by atomic mass is 32.1. The summed E-state index contributed by atoms with van der Waals surface area (Å²) in [6, 6.07) is 12.5. The number of H-pyrrole nitrogens is 2. The molecular formula is C28H33N7OS. The Morgan fingerprint density at radius 1 is 0.919 bits per heavy atom. The maximum Gasteiger partial charge on any atom is 0.254 e. The van der Waals surface area contributed by atoms with Gasteiger partial charge in [-0.3, -0.25) is 14.6 Å². The van der Waals surface area contributed by atoms with Crippen molar-refractivity contribution in [2.45, 2.75) is 39.0 Å². The first-order valence-corrected chi connectivity index (χ1v) is 13.8. The highest BCUT2D eigenvalue weighted by Gasteiger charge is 2.44. The Kier molecular flexibility index (Phi) is 6.91. The van der Waals surface area contributed by atoms with E-state index in [-0.39, 0.29) is 5.91 Å². The van der Waals surface area contributed by atoms with Gasteiger partial charge in [0.1, 0.15) is 11.6 Å². The molecule has 0 radical (unpaired) electrons. The van der Waals surface area contributed by atoms with Crippen LogP contribution >= 0.6 is 11.3 Å². The molecule has 1 spiro atoms. The maximum atomic E-state index is 13.4. The molecule has 8 nitrogen and oxygen atoms in total. The van der Waals surface area contributed by atoms with E-state index in [0.717, 1.165) is 37.8 Å². The Bertz CT molecular complexity index is 1220. The number of aromatic nitrogens is 4. The van der Waals surface area contributed by atoms with E-state index in [0.29, 0.717) is 24.1 Å². The van der Waals surface area contributed by atoms with Crippen molar-refractivity contribution in [2.24, 2.45) is 5.41 Å². The zero-order chi connectivity index (χ0) is 25.1. The summed E-state index contributed by atoms with van der Waals surface area (Å²) in [5.41, 5.74) is 2.46. The fraction of sp³-hybridized carbons (Fsp3) is 0.393. The third kappa shape index (κ3) is 5.69. The molecule has 4 aromatic rings. The second-order valence-corrected chi connectivity index (χ2v) is 11.5. The molecule has 0 aliphatic carbocycles. The highest BCUT2D eigenvalue weighted by molar-refractivity contribution is 7.09. The van der Waals surface area contributed by atoms with Crippen LogP contribution in [0.3, 0.4) is 0 Å². The molecule has 2 aliphatic heterocycles. The standard InChI is InChI=1S/C28H33N7OS/c36-27(35(18-25-29-9-10-30-25)19-26-31-11-12-32-26)23-5-3-22(4-6-23)16-33-13-7-28(8-14-33)20-34(21-28)17-24-2-1-15-37-24/h1-6,9-12,15H,7-8,13-14,16-21H2,(H,29,30)(H,31,32). The fourth-order valence-electron chi connectivity index (χ4n) is 5.66. The molecular weight excluding hydrogens is 482 g/mol. The predicted molar refractivity (Wildman–Crippen MR) is 144 cm³/mol. The Hall–Kier alpha value is -3.27. The molecule has 2 saturated heterocycles. The first-order chi connectivity index (χ1) is 18.1. The first kappa shape index (κ1) is 24.1. The van der Waals surface area contributed by atoms with Crippen molar-refractivity contribution in [3.05, 3.63) is 94.2 Å². The number of imidazole rings is 2. The van der Waals surface area contributed by atoms with E-state index in [2.05, 4.69) is 59.4 Å². The summed E-state index contributed by atoms with van der Waals surface area (Å²) in [6.45, 7) is 7.61. The van der Waals surface area contributed by atoms with Gasteiger partial charge >= 0.3 is 0 Å². The van der Waals surface area contributed by atoms with Crippen LogP contribution < -0.4 is 0 Å². The second-order valence-electron chi connectivity index (χ2n) is 10.4. The molecule has 1 amide bonds. The molecule has 2 aliphatic rings. The third-order valence-electron chi connectivity index (χ3n) is 7.68. The average molecular weight is 516 g/mol. The zero-order valence-corrected chi connectivity index (χ0v) is 21.8. The Morgan fingerprint density at radius 2 is 1.59 bits per heavy atom. The van der Waals surface area contributed by atoms with E-state index in [9.17, 15) is 4.79 Å². The average Bonchev–Trinajstić information content (AvgIpc) is 3.69. The third-order valence-corrected chi connectivity index (χ3v) is 8.54. The summed E-state index contributed by atoms with van der Waals surface area (Å²) >= 11 is 1.86. The molecule has 1 aromatic carbocycles. The van der Waals surface area contributed by atoms with Crippen LogP contribution in [0.15, 0.2) is 66.6 Å². The van der Waals surface area contributed by atoms with Crippen LogP contribution in [0.2, 0.25) is 0 Å². The summed E-state index contributed by atoms with van der Waals surface area (Å²) in [6.07, 6.45) is 9.50. The number of nitrogens with zero attached hydrogens (tertiary/aromatic N) is 5. The minimum atomic E-state index is -0.0312. The van der Waals surface area contributed by atoms with Gasteiger partial charge in [-0.1, -0.05) is 18.2 Å². The van der Waals surface area contributed by atoms with E-state index < -0.39 is 0 Å². The highest BCUT2D eigenvalue weighted by Crippen LogP contribution is 2.41. The molecule has 0 saturated carbocycles. The van der Waals surface area contributed by atoms with Gasteiger partial charge in [-0.15, -0.1) is 11.3 Å². The molecule has 6 rings (SSSR count). The number of rotatable bonds is 9. The number of hydrogen-bond donors (Lipinski definition) is 2. The van der Waals surface area contributed by atoms with Crippen LogP contribution in [0.5, 0.6) is 0 Å². The van der Waals surface area contributed by atoms with Crippen molar-refractivity contribution in [3.63, 3.8) is 0 Å². The Labute approximate surface area is 221 Å². The summed E-state index contributed by atoms with van der Waals surface area (Å²) in [5, 5.41) is 2.17. The van der Waals surface area contributed by atoms with Crippen LogP contribution in [0.25, 0.3) is 0 Å². The molecule has 0 bridgehead atoms. The number of likely N-dealkylation sites (tertiary alicyclic amines) is 2. The lowest BCUT2D eigenvalue weighted by Crippen LogP contribution is -2.59. The van der Waals surface area contributed by atoms with Gasteiger partial charge < -0.3 is 14.9 Å². The summed E-state index contributed by atoms with van der Waals surface area (Å²) in [5.74, 6) is 1.47. The molecule has 0 atom stereocenters. The van der Waals surface area contributed by atoms with Crippen LogP contribution in [-0.4, -0.2) is 66.7 Å². The largest absolute Gasteiger partial charge is 0.347 e. The molecule has 9 heteroatoms. The van der Waals surface area contributed by atoms with Crippen molar-refractivity contribution >= 4 is 17.2 Å². The van der Waals surface area contributed by atoms with Crippen LogP contribution in [0.1, 0.15) is 45.3 Å². The summed E-state index contributed by atoms with van der Waals surface area (Å²) < 4.78 is 0. The molecule has 192 valence electrons. The number of benzene rings is 1. The number of piperidine rings is 1. The lowest BCUT2D eigenvalue weighted by molar-refractivity contribution is -0.0519. The molecule has 5 heterocycles. The van der Waals surface area contributed by atoms with Crippen molar-refractivity contribution in [1.82, 2.24) is 34.6 Å². The smallest absolute Gasteiger partial charge is 0.254 e. The van der Waals surface area contributed by atoms with E-state index >= 15 is 0 Å². The van der Waals surface area contributed by atoms with Gasteiger partial charge in [-0.2, -0.15) is 0 Å². The van der Waals surface area contributed by atoms with Gasteiger partial charge in [0.25, 0.3) is 5.91 Å². The topological polar surface area (TPSA) is 84.2 Å². The van der Waals surface area contributed by atoms with E-state index in [1.165, 1.54) is 36.4 Å². The van der Waals surface area contributed by atoms with Gasteiger partial charge in [0.05, 0.1) is 13.1 Å². The van der Waals surface area contributed by atoms with Crippen molar-refractivity contribution in [3.8, 4) is 0 Å². The van der Waals surface area contributed by atoms with Crippen molar-refractivity contribution in [2.75, 3.05) is 26.2 Å². The number of hydrogen-bond acceptors (Lipinski definition) is 6. The normalized spacial score (nSPS) is 17.6. The van der Waals surface area contributed by atoms with Gasteiger partial charge in [0.2, 0.25) is 0 Å². The lowest BCUT2D eigenvalue weighted by atomic mass is 9.72. The zero-order valence-electron chi connectivity index (χ0n) is 21.0. The van der Waals surface area contributed by atoms with Crippen LogP contribution in [0.4, 0.5) is 0 Å². The minimum absolute atomic E-state index is 0.0312. The van der Waals surface area contributed by atoms with E-state index in [1.54, 1.807) is 29.7 Å². The Balaban J connectivity index is 1.02. The van der Waals surface area contributed by atoms with E-state index in [4.69, 9.17) is 0 Å².